The van der Waals surface area contributed by atoms with E-state index in [2.05, 4.69) is 26.1 Å². The standard InChI is InChI=1S/C11H21NO3S/c1-5-9(13)12-8(10(14)15)6-16-7-11(2,3)4/h8H,5-7H2,1-4H3,(H,12,13)(H,14,15)/t8-/m0/s1. The fourth-order valence-corrected chi connectivity index (χ4v) is 2.15. The number of carbonyl (C=O) groups is 2. The van der Waals surface area contributed by atoms with Crippen molar-refractivity contribution in [1.29, 1.82) is 0 Å². The molecule has 4 nitrogen and oxygen atoms in total. The highest BCUT2D eigenvalue weighted by Gasteiger charge is 2.20. The number of rotatable bonds is 6. The summed E-state index contributed by atoms with van der Waals surface area (Å²) in [6.45, 7) is 8.00. The van der Waals surface area contributed by atoms with E-state index in [1.807, 2.05) is 0 Å². The lowest BCUT2D eigenvalue weighted by Gasteiger charge is -2.19. The number of aliphatic carboxylic acids is 1. The van der Waals surface area contributed by atoms with Crippen molar-refractivity contribution in [2.45, 2.75) is 40.2 Å². The third-order valence-corrected chi connectivity index (χ3v) is 3.41. The first-order valence-electron chi connectivity index (χ1n) is 5.36. The van der Waals surface area contributed by atoms with E-state index in [1.165, 1.54) is 0 Å². The van der Waals surface area contributed by atoms with Crippen LogP contribution in [0.1, 0.15) is 34.1 Å². The Kier molecular flexibility index (Phi) is 6.48. The van der Waals surface area contributed by atoms with E-state index in [9.17, 15) is 9.59 Å². The predicted molar refractivity (Wildman–Crippen MR) is 66.6 cm³/mol. The molecule has 0 aromatic rings. The first-order chi connectivity index (χ1) is 7.26. The topological polar surface area (TPSA) is 66.4 Å². The molecule has 94 valence electrons. The minimum absolute atomic E-state index is 0.169. The van der Waals surface area contributed by atoms with Crippen LogP contribution in [0.3, 0.4) is 0 Å². The second kappa shape index (κ2) is 6.78. The van der Waals surface area contributed by atoms with Crippen molar-refractivity contribution in [1.82, 2.24) is 5.32 Å². The molecular formula is C11H21NO3S. The molecular weight excluding hydrogens is 226 g/mol. The van der Waals surface area contributed by atoms with Crippen LogP contribution in [0.25, 0.3) is 0 Å². The number of nitrogens with one attached hydrogen (secondary N) is 1. The van der Waals surface area contributed by atoms with Gasteiger partial charge in [0.1, 0.15) is 6.04 Å². The van der Waals surface area contributed by atoms with Crippen LogP contribution >= 0.6 is 11.8 Å². The Bertz CT molecular complexity index is 248. The second-order valence-electron chi connectivity index (χ2n) is 4.89. The normalized spacial score (nSPS) is 13.2. The van der Waals surface area contributed by atoms with Crippen molar-refractivity contribution in [3.8, 4) is 0 Å². The van der Waals surface area contributed by atoms with Gasteiger partial charge in [-0.2, -0.15) is 11.8 Å². The maximum atomic E-state index is 11.1. The molecule has 0 spiro atoms. The molecule has 0 radical (unpaired) electrons. The zero-order chi connectivity index (χ0) is 12.8. The fraction of sp³-hybridized carbons (Fsp3) is 0.818. The fourth-order valence-electron chi connectivity index (χ4n) is 0.954. The summed E-state index contributed by atoms with van der Waals surface area (Å²) in [6, 6.07) is -0.778. The van der Waals surface area contributed by atoms with Crippen LogP contribution in [0.4, 0.5) is 0 Å². The van der Waals surface area contributed by atoms with E-state index in [0.717, 1.165) is 5.75 Å². The molecule has 0 rings (SSSR count). The monoisotopic (exact) mass is 247 g/mol. The molecule has 1 amide bonds. The van der Waals surface area contributed by atoms with Gasteiger partial charge in [-0.3, -0.25) is 4.79 Å². The highest BCUT2D eigenvalue weighted by atomic mass is 32.2. The van der Waals surface area contributed by atoms with Crippen LogP contribution in [0.5, 0.6) is 0 Å². The summed E-state index contributed by atoms with van der Waals surface area (Å²) < 4.78 is 0. The highest BCUT2D eigenvalue weighted by molar-refractivity contribution is 7.99. The van der Waals surface area contributed by atoms with Gasteiger partial charge in [0.05, 0.1) is 0 Å². The van der Waals surface area contributed by atoms with Gasteiger partial charge in [-0.15, -0.1) is 0 Å². The van der Waals surface area contributed by atoms with Crippen molar-refractivity contribution in [3.63, 3.8) is 0 Å². The van der Waals surface area contributed by atoms with Gasteiger partial charge in [0, 0.05) is 12.2 Å². The number of amides is 1. The molecule has 0 aliphatic carbocycles. The maximum Gasteiger partial charge on any atom is 0.327 e. The van der Waals surface area contributed by atoms with Crippen LogP contribution in [0, 0.1) is 5.41 Å². The highest BCUT2D eigenvalue weighted by Crippen LogP contribution is 2.20. The molecule has 0 heterocycles. The van der Waals surface area contributed by atoms with Crippen molar-refractivity contribution in [3.05, 3.63) is 0 Å². The van der Waals surface area contributed by atoms with Gasteiger partial charge in [0.15, 0.2) is 0 Å². The summed E-state index contributed by atoms with van der Waals surface area (Å²) in [4.78, 5) is 22.0. The first-order valence-corrected chi connectivity index (χ1v) is 6.51. The maximum absolute atomic E-state index is 11.1. The summed E-state index contributed by atoms with van der Waals surface area (Å²) in [5.41, 5.74) is 0.169. The lowest BCUT2D eigenvalue weighted by atomic mass is 10.0. The molecule has 0 aromatic carbocycles. The van der Waals surface area contributed by atoms with Crippen LogP contribution < -0.4 is 5.32 Å². The van der Waals surface area contributed by atoms with E-state index in [4.69, 9.17) is 5.11 Å². The van der Waals surface area contributed by atoms with Gasteiger partial charge in [0.25, 0.3) is 0 Å². The number of thioether (sulfide) groups is 1. The third kappa shape index (κ3) is 7.56. The molecule has 5 heteroatoms. The molecule has 0 fully saturated rings. The quantitative estimate of drug-likeness (QED) is 0.750. The molecule has 0 aliphatic rings. The van der Waals surface area contributed by atoms with Gasteiger partial charge in [0.2, 0.25) is 5.91 Å². The number of carboxylic acid groups (broad SMARTS) is 1. The van der Waals surface area contributed by atoms with Crippen LogP contribution in [-0.2, 0) is 9.59 Å². The molecule has 0 saturated carbocycles. The van der Waals surface area contributed by atoms with Gasteiger partial charge in [-0.05, 0) is 11.2 Å². The summed E-state index contributed by atoms with van der Waals surface area (Å²) in [6.07, 6.45) is 0.313. The largest absolute Gasteiger partial charge is 0.480 e. The number of carboxylic acids is 1. The summed E-state index contributed by atoms with van der Waals surface area (Å²) in [7, 11) is 0. The summed E-state index contributed by atoms with van der Waals surface area (Å²) in [5, 5.41) is 11.4. The molecule has 2 N–H and O–H groups in total. The van der Waals surface area contributed by atoms with Crippen LogP contribution in [0.2, 0.25) is 0 Å². The van der Waals surface area contributed by atoms with Crippen molar-refractivity contribution < 1.29 is 14.7 Å². The molecule has 16 heavy (non-hydrogen) atoms. The summed E-state index contributed by atoms with van der Waals surface area (Å²) in [5.74, 6) is 0.101. The minimum Gasteiger partial charge on any atom is -0.480 e. The van der Waals surface area contributed by atoms with E-state index >= 15 is 0 Å². The molecule has 0 aliphatic heterocycles. The number of hydrogen-bond acceptors (Lipinski definition) is 3. The molecule has 0 aromatic heterocycles. The Hall–Kier alpha value is -0.710. The smallest absolute Gasteiger partial charge is 0.327 e. The van der Waals surface area contributed by atoms with Crippen molar-refractivity contribution in [2.75, 3.05) is 11.5 Å². The van der Waals surface area contributed by atoms with Gasteiger partial charge < -0.3 is 10.4 Å². The molecule has 0 bridgehead atoms. The van der Waals surface area contributed by atoms with Crippen LogP contribution in [-0.4, -0.2) is 34.5 Å². The lowest BCUT2D eigenvalue weighted by Crippen LogP contribution is -2.42. The Morgan fingerprint density at radius 2 is 1.94 bits per heavy atom. The second-order valence-corrected chi connectivity index (χ2v) is 5.92. The van der Waals surface area contributed by atoms with E-state index < -0.39 is 12.0 Å². The summed E-state index contributed by atoms with van der Waals surface area (Å²) >= 11 is 1.55. The zero-order valence-electron chi connectivity index (χ0n) is 10.4. The first kappa shape index (κ1) is 15.3. The zero-order valence-corrected chi connectivity index (χ0v) is 11.2. The number of carbonyl (C=O) groups excluding carboxylic acids is 1. The lowest BCUT2D eigenvalue weighted by molar-refractivity contribution is -0.141. The molecule has 0 unspecified atom stereocenters. The van der Waals surface area contributed by atoms with Gasteiger partial charge >= 0.3 is 5.97 Å². The number of hydrogen-bond donors (Lipinski definition) is 2. The Morgan fingerprint density at radius 1 is 1.38 bits per heavy atom. The SMILES string of the molecule is CCC(=O)N[C@@H](CSCC(C)(C)C)C(=O)O. The van der Waals surface area contributed by atoms with Crippen molar-refractivity contribution in [2.24, 2.45) is 5.41 Å². The Labute approximate surface area is 101 Å². The third-order valence-electron chi connectivity index (χ3n) is 1.77. The molecule has 0 saturated heterocycles. The van der Waals surface area contributed by atoms with Gasteiger partial charge in [-0.25, -0.2) is 4.79 Å². The molecule has 1 atom stereocenters. The van der Waals surface area contributed by atoms with Crippen molar-refractivity contribution >= 4 is 23.6 Å². The predicted octanol–water partition coefficient (Wildman–Crippen LogP) is 1.75. The van der Waals surface area contributed by atoms with E-state index in [1.54, 1.807) is 18.7 Å². The average Bonchev–Trinajstić information content (AvgIpc) is 2.13. The van der Waals surface area contributed by atoms with E-state index in [0.29, 0.717) is 12.2 Å². The van der Waals surface area contributed by atoms with Crippen LogP contribution in [0.15, 0.2) is 0 Å². The van der Waals surface area contributed by atoms with Gasteiger partial charge in [-0.1, -0.05) is 27.7 Å². The van der Waals surface area contributed by atoms with E-state index in [-0.39, 0.29) is 11.3 Å². The average molecular weight is 247 g/mol. The Morgan fingerprint density at radius 3 is 2.31 bits per heavy atom. The Balaban J connectivity index is 4.05. The minimum atomic E-state index is -0.969.